The van der Waals surface area contributed by atoms with Crippen LogP contribution in [-0.2, 0) is 19.6 Å². The lowest BCUT2D eigenvalue weighted by Gasteiger charge is -2.16. The number of hydrogen-bond donors (Lipinski definition) is 3. The fourth-order valence-corrected chi connectivity index (χ4v) is 2.06. The van der Waals surface area contributed by atoms with Crippen LogP contribution in [-0.4, -0.2) is 55.7 Å². The van der Waals surface area contributed by atoms with Gasteiger partial charge in [-0.25, -0.2) is 8.42 Å². The van der Waals surface area contributed by atoms with E-state index in [2.05, 4.69) is 0 Å². The number of hydrogen-bond acceptors (Lipinski definition) is 5. The van der Waals surface area contributed by atoms with E-state index in [0.717, 1.165) is 0 Å². The minimum Gasteiger partial charge on any atom is -0.480 e. The van der Waals surface area contributed by atoms with Gasteiger partial charge in [-0.15, -0.1) is 0 Å². The SMILES string of the molecule is CCOCCS(=O)(=O)N[C@H](C(=O)O)[C@@H](C)O. The van der Waals surface area contributed by atoms with Gasteiger partial charge in [0.1, 0.15) is 6.04 Å². The standard InChI is InChI=1S/C8H17NO6S/c1-3-15-4-5-16(13,14)9-7(6(2)10)8(11)12/h6-7,9-10H,3-5H2,1-2H3,(H,11,12)/t6-,7+/m1/s1. The average molecular weight is 255 g/mol. The Morgan fingerprint density at radius 3 is 2.44 bits per heavy atom. The van der Waals surface area contributed by atoms with Gasteiger partial charge in [-0.3, -0.25) is 4.79 Å². The summed E-state index contributed by atoms with van der Waals surface area (Å²) >= 11 is 0. The summed E-state index contributed by atoms with van der Waals surface area (Å²) < 4.78 is 29.5. The Bertz CT molecular complexity index is 312. The number of rotatable bonds is 8. The molecule has 0 aliphatic heterocycles. The molecule has 7 nitrogen and oxygen atoms in total. The van der Waals surface area contributed by atoms with Crippen molar-refractivity contribution in [3.8, 4) is 0 Å². The second kappa shape index (κ2) is 6.79. The highest BCUT2D eigenvalue weighted by Gasteiger charge is 2.27. The third-order valence-electron chi connectivity index (χ3n) is 1.76. The first kappa shape index (κ1) is 15.3. The summed E-state index contributed by atoms with van der Waals surface area (Å²) in [6.45, 7) is 3.28. The van der Waals surface area contributed by atoms with Crippen LogP contribution in [0.4, 0.5) is 0 Å². The van der Waals surface area contributed by atoms with Gasteiger partial charge in [0.25, 0.3) is 0 Å². The molecule has 0 rings (SSSR count). The molecule has 0 spiro atoms. The molecule has 0 aromatic carbocycles. The monoisotopic (exact) mass is 255 g/mol. The normalized spacial score (nSPS) is 15.7. The molecular formula is C8H17NO6S. The Kier molecular flexibility index (Phi) is 6.49. The second-order valence-electron chi connectivity index (χ2n) is 3.19. The summed E-state index contributed by atoms with van der Waals surface area (Å²) in [7, 11) is -3.76. The number of carboxylic acid groups (broad SMARTS) is 1. The molecule has 0 aliphatic rings. The zero-order valence-corrected chi connectivity index (χ0v) is 10.0. The highest BCUT2D eigenvalue weighted by atomic mass is 32.2. The minimum absolute atomic E-state index is 0.0159. The predicted molar refractivity (Wildman–Crippen MR) is 56.5 cm³/mol. The van der Waals surface area contributed by atoms with Crippen LogP contribution in [0.3, 0.4) is 0 Å². The van der Waals surface area contributed by atoms with Crippen molar-refractivity contribution in [1.82, 2.24) is 4.72 Å². The van der Waals surface area contributed by atoms with E-state index in [-0.39, 0.29) is 12.4 Å². The molecule has 0 fully saturated rings. The number of nitrogens with one attached hydrogen (secondary N) is 1. The van der Waals surface area contributed by atoms with Crippen LogP contribution in [0, 0.1) is 0 Å². The van der Waals surface area contributed by atoms with Crippen molar-refractivity contribution in [3.05, 3.63) is 0 Å². The fourth-order valence-electron chi connectivity index (χ4n) is 0.921. The molecule has 2 atom stereocenters. The molecule has 8 heteroatoms. The third-order valence-corrected chi connectivity index (χ3v) is 3.07. The maximum absolute atomic E-state index is 11.4. The van der Waals surface area contributed by atoms with Crippen LogP contribution in [0.1, 0.15) is 13.8 Å². The van der Waals surface area contributed by atoms with Crippen molar-refractivity contribution in [3.63, 3.8) is 0 Å². The van der Waals surface area contributed by atoms with Crippen molar-refractivity contribution in [2.75, 3.05) is 19.0 Å². The number of aliphatic hydroxyl groups is 1. The Balaban J connectivity index is 4.37. The quantitative estimate of drug-likeness (QED) is 0.468. The molecule has 0 aromatic heterocycles. The lowest BCUT2D eigenvalue weighted by Crippen LogP contribution is -2.48. The number of carboxylic acids is 1. The molecule has 96 valence electrons. The Morgan fingerprint density at radius 2 is 2.06 bits per heavy atom. The number of carbonyl (C=O) groups is 1. The zero-order chi connectivity index (χ0) is 12.8. The third kappa shape index (κ3) is 6.01. The number of ether oxygens (including phenoxy) is 1. The molecule has 0 radical (unpaired) electrons. The maximum Gasteiger partial charge on any atom is 0.324 e. The van der Waals surface area contributed by atoms with Crippen LogP contribution >= 0.6 is 0 Å². The lowest BCUT2D eigenvalue weighted by atomic mass is 10.2. The summed E-state index contributed by atoms with van der Waals surface area (Å²) in [6, 6.07) is -1.54. The van der Waals surface area contributed by atoms with E-state index in [9.17, 15) is 13.2 Å². The van der Waals surface area contributed by atoms with Gasteiger partial charge in [-0.2, -0.15) is 4.72 Å². The van der Waals surface area contributed by atoms with Gasteiger partial charge in [0.2, 0.25) is 10.0 Å². The van der Waals surface area contributed by atoms with Crippen LogP contribution in [0.25, 0.3) is 0 Å². The van der Waals surface area contributed by atoms with Crippen molar-refractivity contribution in [1.29, 1.82) is 0 Å². The Hall–Kier alpha value is -0.700. The summed E-state index contributed by atoms with van der Waals surface area (Å²) in [5, 5.41) is 17.7. The first-order valence-electron chi connectivity index (χ1n) is 4.78. The highest BCUT2D eigenvalue weighted by molar-refractivity contribution is 7.89. The Labute approximate surface area is 94.5 Å². The van der Waals surface area contributed by atoms with E-state index in [4.69, 9.17) is 14.9 Å². The molecule has 0 heterocycles. The van der Waals surface area contributed by atoms with Crippen molar-refractivity contribution in [2.45, 2.75) is 26.0 Å². The van der Waals surface area contributed by atoms with Gasteiger partial charge >= 0.3 is 5.97 Å². The number of aliphatic carboxylic acids is 1. The van der Waals surface area contributed by atoms with Gasteiger partial charge in [0.15, 0.2) is 0 Å². The molecule has 0 amide bonds. The average Bonchev–Trinajstić information content (AvgIpc) is 2.13. The summed E-state index contributed by atoms with van der Waals surface area (Å²) in [5.74, 6) is -1.76. The van der Waals surface area contributed by atoms with Crippen LogP contribution in [0.2, 0.25) is 0 Å². The highest BCUT2D eigenvalue weighted by Crippen LogP contribution is 1.97. The van der Waals surface area contributed by atoms with Crippen molar-refractivity contribution in [2.24, 2.45) is 0 Å². The van der Waals surface area contributed by atoms with E-state index >= 15 is 0 Å². The lowest BCUT2D eigenvalue weighted by molar-refractivity contribution is -0.141. The van der Waals surface area contributed by atoms with E-state index in [1.54, 1.807) is 6.92 Å². The summed E-state index contributed by atoms with van der Waals surface area (Å²) in [6.07, 6.45) is -1.31. The van der Waals surface area contributed by atoms with Crippen LogP contribution in [0.15, 0.2) is 0 Å². The van der Waals surface area contributed by atoms with Gasteiger partial charge < -0.3 is 14.9 Å². The molecule has 0 aliphatic carbocycles. The molecule has 0 saturated heterocycles. The van der Waals surface area contributed by atoms with Crippen LogP contribution < -0.4 is 4.72 Å². The van der Waals surface area contributed by atoms with E-state index in [1.807, 2.05) is 4.72 Å². The van der Waals surface area contributed by atoms with Crippen LogP contribution in [0.5, 0.6) is 0 Å². The molecule has 0 aromatic rings. The second-order valence-corrected chi connectivity index (χ2v) is 5.06. The van der Waals surface area contributed by atoms with Crippen molar-refractivity contribution < 1.29 is 28.2 Å². The fraction of sp³-hybridized carbons (Fsp3) is 0.875. The molecule has 3 N–H and O–H groups in total. The zero-order valence-electron chi connectivity index (χ0n) is 9.21. The maximum atomic E-state index is 11.4. The van der Waals surface area contributed by atoms with E-state index < -0.39 is 28.1 Å². The smallest absolute Gasteiger partial charge is 0.324 e. The molecule has 0 saturated carbocycles. The minimum atomic E-state index is -3.76. The number of sulfonamides is 1. The van der Waals surface area contributed by atoms with E-state index in [0.29, 0.717) is 6.61 Å². The first-order valence-corrected chi connectivity index (χ1v) is 6.44. The molecule has 16 heavy (non-hydrogen) atoms. The van der Waals surface area contributed by atoms with Gasteiger partial charge in [-0.1, -0.05) is 0 Å². The summed E-state index contributed by atoms with van der Waals surface area (Å²) in [4.78, 5) is 10.6. The number of aliphatic hydroxyl groups excluding tert-OH is 1. The van der Waals surface area contributed by atoms with Crippen molar-refractivity contribution >= 4 is 16.0 Å². The molecule has 0 unspecified atom stereocenters. The predicted octanol–water partition coefficient (Wildman–Crippen LogP) is -1.22. The topological polar surface area (TPSA) is 113 Å². The molecule has 0 bridgehead atoms. The molecular weight excluding hydrogens is 238 g/mol. The van der Waals surface area contributed by atoms with Gasteiger partial charge in [0, 0.05) is 6.61 Å². The summed E-state index contributed by atoms with van der Waals surface area (Å²) in [5.41, 5.74) is 0. The van der Waals surface area contributed by atoms with E-state index in [1.165, 1.54) is 6.92 Å². The first-order chi connectivity index (χ1) is 7.30. The Morgan fingerprint density at radius 1 is 1.50 bits per heavy atom. The van der Waals surface area contributed by atoms with Gasteiger partial charge in [-0.05, 0) is 13.8 Å². The van der Waals surface area contributed by atoms with Gasteiger partial charge in [0.05, 0.1) is 18.5 Å². The largest absolute Gasteiger partial charge is 0.480 e.